The maximum absolute atomic E-state index is 10.3. The zero-order valence-corrected chi connectivity index (χ0v) is 10.5. The highest BCUT2D eigenvalue weighted by molar-refractivity contribution is 5.29. The molecule has 1 heterocycles. The molecule has 1 aliphatic rings. The summed E-state index contributed by atoms with van der Waals surface area (Å²) < 4.78 is 0. The maximum atomic E-state index is 10.3. The Labute approximate surface area is 102 Å². The van der Waals surface area contributed by atoms with Crippen LogP contribution in [0.3, 0.4) is 0 Å². The lowest BCUT2D eigenvalue weighted by Gasteiger charge is -2.39. The van der Waals surface area contributed by atoms with Crippen molar-refractivity contribution in [2.45, 2.75) is 50.8 Å². The highest BCUT2D eigenvalue weighted by atomic mass is 16.3. The van der Waals surface area contributed by atoms with Crippen LogP contribution in [0.5, 0.6) is 5.75 Å². The van der Waals surface area contributed by atoms with Gasteiger partial charge in [0.15, 0.2) is 0 Å². The summed E-state index contributed by atoms with van der Waals surface area (Å²) in [7, 11) is 0. The van der Waals surface area contributed by atoms with Gasteiger partial charge in [-0.1, -0.05) is 12.1 Å². The molecule has 0 aromatic heterocycles. The van der Waals surface area contributed by atoms with Gasteiger partial charge in [-0.05, 0) is 50.8 Å². The Hall–Kier alpha value is -1.06. The number of hydrogen-bond donors (Lipinski definition) is 3. The minimum absolute atomic E-state index is 0.0700. The molecule has 17 heavy (non-hydrogen) atoms. The van der Waals surface area contributed by atoms with Crippen LogP contribution < -0.4 is 5.32 Å². The number of aromatic hydroxyl groups is 1. The Balaban J connectivity index is 2.12. The quantitative estimate of drug-likeness (QED) is 0.737. The lowest BCUT2D eigenvalue weighted by molar-refractivity contribution is 0.0843. The van der Waals surface area contributed by atoms with Gasteiger partial charge < -0.3 is 15.5 Å². The molecule has 0 amide bonds. The van der Waals surface area contributed by atoms with Crippen molar-refractivity contribution in [1.29, 1.82) is 0 Å². The van der Waals surface area contributed by atoms with Gasteiger partial charge in [0.2, 0.25) is 0 Å². The monoisotopic (exact) mass is 235 g/mol. The lowest BCUT2D eigenvalue weighted by atomic mass is 9.85. The molecule has 2 atom stereocenters. The molecule has 0 aliphatic carbocycles. The molecule has 1 fully saturated rings. The van der Waals surface area contributed by atoms with Crippen molar-refractivity contribution in [2.24, 2.45) is 0 Å². The summed E-state index contributed by atoms with van der Waals surface area (Å²) in [5.74, 6) is 0.205. The van der Waals surface area contributed by atoms with E-state index in [1.54, 1.807) is 18.2 Å². The van der Waals surface area contributed by atoms with Gasteiger partial charge in [-0.3, -0.25) is 0 Å². The van der Waals surface area contributed by atoms with E-state index in [1.807, 2.05) is 6.07 Å². The van der Waals surface area contributed by atoms with Crippen molar-refractivity contribution in [3.05, 3.63) is 29.8 Å². The molecule has 3 heteroatoms. The topological polar surface area (TPSA) is 52.5 Å². The highest BCUT2D eigenvalue weighted by Crippen LogP contribution is 2.29. The molecule has 94 valence electrons. The zero-order valence-electron chi connectivity index (χ0n) is 10.5. The van der Waals surface area contributed by atoms with Crippen molar-refractivity contribution >= 4 is 0 Å². The van der Waals surface area contributed by atoms with Gasteiger partial charge in [-0.15, -0.1) is 0 Å². The minimum Gasteiger partial charge on any atom is -0.508 e. The van der Waals surface area contributed by atoms with E-state index in [1.165, 1.54) is 0 Å². The van der Waals surface area contributed by atoms with Crippen LogP contribution in [0.1, 0.15) is 44.8 Å². The summed E-state index contributed by atoms with van der Waals surface area (Å²) in [4.78, 5) is 0. The first-order valence-electron chi connectivity index (χ1n) is 6.23. The fraction of sp³-hybridized carbons (Fsp3) is 0.571. The lowest BCUT2D eigenvalue weighted by Crippen LogP contribution is -2.51. The van der Waals surface area contributed by atoms with E-state index < -0.39 is 6.10 Å². The Morgan fingerprint density at radius 1 is 1.41 bits per heavy atom. The fourth-order valence-corrected chi connectivity index (χ4v) is 2.59. The minimum atomic E-state index is -0.554. The summed E-state index contributed by atoms with van der Waals surface area (Å²) in [6.07, 6.45) is 2.68. The van der Waals surface area contributed by atoms with E-state index in [9.17, 15) is 10.2 Å². The van der Waals surface area contributed by atoms with Crippen LogP contribution in [0.2, 0.25) is 0 Å². The zero-order chi connectivity index (χ0) is 12.5. The van der Waals surface area contributed by atoms with E-state index in [-0.39, 0.29) is 17.3 Å². The van der Waals surface area contributed by atoms with Crippen LogP contribution in [0, 0.1) is 0 Å². The molecule has 1 unspecified atom stereocenters. The van der Waals surface area contributed by atoms with Gasteiger partial charge in [0.25, 0.3) is 0 Å². The molecule has 0 bridgehead atoms. The number of hydrogen-bond acceptors (Lipinski definition) is 3. The predicted octanol–water partition coefficient (Wildman–Crippen LogP) is 2.35. The Morgan fingerprint density at radius 3 is 2.82 bits per heavy atom. The first-order valence-corrected chi connectivity index (χ1v) is 6.23. The third-order valence-corrected chi connectivity index (χ3v) is 3.49. The number of nitrogens with one attached hydrogen (secondary N) is 1. The third kappa shape index (κ3) is 2.99. The average molecular weight is 235 g/mol. The summed E-state index contributed by atoms with van der Waals surface area (Å²) in [5.41, 5.74) is 0.862. The number of benzene rings is 1. The molecular formula is C14H21NO2. The summed E-state index contributed by atoms with van der Waals surface area (Å²) in [6.45, 7) is 4.32. The van der Waals surface area contributed by atoms with Crippen molar-refractivity contribution in [3.63, 3.8) is 0 Å². The first kappa shape index (κ1) is 12.4. The number of phenols is 1. The molecule has 2 rings (SSSR count). The summed E-state index contributed by atoms with van der Waals surface area (Å²) in [5, 5.41) is 23.2. The molecule has 0 spiro atoms. The van der Waals surface area contributed by atoms with Gasteiger partial charge >= 0.3 is 0 Å². The van der Waals surface area contributed by atoms with Crippen molar-refractivity contribution in [2.75, 3.05) is 0 Å². The van der Waals surface area contributed by atoms with Crippen molar-refractivity contribution < 1.29 is 10.2 Å². The maximum Gasteiger partial charge on any atom is 0.115 e. The number of aliphatic hydroxyl groups excluding tert-OH is 1. The molecule has 1 aliphatic heterocycles. The van der Waals surface area contributed by atoms with Crippen LogP contribution in [-0.2, 0) is 0 Å². The Bertz CT molecular complexity index is 390. The molecule has 0 radical (unpaired) electrons. The van der Waals surface area contributed by atoms with E-state index in [0.29, 0.717) is 0 Å². The summed E-state index contributed by atoms with van der Waals surface area (Å²) >= 11 is 0. The van der Waals surface area contributed by atoms with Crippen LogP contribution in [0.4, 0.5) is 0 Å². The molecular weight excluding hydrogens is 214 g/mol. The number of piperidine rings is 1. The van der Waals surface area contributed by atoms with Gasteiger partial charge in [-0.25, -0.2) is 0 Å². The van der Waals surface area contributed by atoms with Crippen LogP contribution in [-0.4, -0.2) is 21.8 Å². The largest absolute Gasteiger partial charge is 0.508 e. The van der Waals surface area contributed by atoms with Crippen LogP contribution in [0.15, 0.2) is 24.3 Å². The van der Waals surface area contributed by atoms with Crippen LogP contribution in [0.25, 0.3) is 0 Å². The second-order valence-electron chi connectivity index (χ2n) is 5.57. The predicted molar refractivity (Wildman–Crippen MR) is 67.9 cm³/mol. The van der Waals surface area contributed by atoms with Crippen molar-refractivity contribution in [3.8, 4) is 5.75 Å². The standard InChI is InChI=1S/C14H21NO2/c1-14(2)8-4-7-12(15-14)13(17)10-5-3-6-11(16)9-10/h3,5-6,9,12-13,15-17H,4,7-8H2,1-2H3/t12?,13-/m0/s1. The second-order valence-corrected chi connectivity index (χ2v) is 5.57. The number of rotatable bonds is 2. The number of phenolic OH excluding ortho intramolecular Hbond substituents is 1. The van der Waals surface area contributed by atoms with Gasteiger partial charge in [0.1, 0.15) is 5.75 Å². The van der Waals surface area contributed by atoms with E-state index in [0.717, 1.165) is 24.8 Å². The highest BCUT2D eigenvalue weighted by Gasteiger charge is 2.31. The SMILES string of the molecule is CC1(C)CCCC([C@@H](O)c2cccc(O)c2)N1. The first-order chi connectivity index (χ1) is 7.98. The second kappa shape index (κ2) is 4.67. The molecule has 3 N–H and O–H groups in total. The average Bonchev–Trinajstić information content (AvgIpc) is 2.26. The number of aliphatic hydroxyl groups is 1. The normalized spacial score (nSPS) is 25.5. The third-order valence-electron chi connectivity index (χ3n) is 3.49. The molecule has 0 saturated carbocycles. The van der Waals surface area contributed by atoms with E-state index in [4.69, 9.17) is 0 Å². The Kier molecular flexibility index (Phi) is 3.40. The molecule has 1 aromatic carbocycles. The molecule has 1 aromatic rings. The Morgan fingerprint density at radius 2 is 2.18 bits per heavy atom. The smallest absolute Gasteiger partial charge is 0.115 e. The fourth-order valence-electron chi connectivity index (χ4n) is 2.59. The molecule has 3 nitrogen and oxygen atoms in total. The van der Waals surface area contributed by atoms with E-state index in [2.05, 4.69) is 19.2 Å². The summed E-state index contributed by atoms with van der Waals surface area (Å²) in [6, 6.07) is 6.94. The van der Waals surface area contributed by atoms with Gasteiger partial charge in [0.05, 0.1) is 6.10 Å². The van der Waals surface area contributed by atoms with Crippen molar-refractivity contribution in [1.82, 2.24) is 5.32 Å². The van der Waals surface area contributed by atoms with Gasteiger partial charge in [0, 0.05) is 11.6 Å². The molecule has 1 saturated heterocycles. The van der Waals surface area contributed by atoms with Gasteiger partial charge in [-0.2, -0.15) is 0 Å². The van der Waals surface area contributed by atoms with Crippen LogP contribution >= 0.6 is 0 Å². The van der Waals surface area contributed by atoms with E-state index >= 15 is 0 Å².